The fraction of sp³-hybridized carbons (Fsp3) is 0.235. The second-order valence-corrected chi connectivity index (χ2v) is 6.13. The molecule has 124 valence electrons. The summed E-state index contributed by atoms with van der Waals surface area (Å²) in [6, 6.07) is 4.29. The number of carbonyl (C=O) groups is 3. The second-order valence-electron chi connectivity index (χ2n) is 6.13. The molecule has 24 heavy (non-hydrogen) atoms. The minimum atomic E-state index is -4.56. The lowest BCUT2D eigenvalue weighted by molar-refractivity contribution is -0.137. The summed E-state index contributed by atoms with van der Waals surface area (Å²) in [5.41, 5.74) is -1.54. The molecule has 1 aromatic rings. The average Bonchev–Trinajstić information content (AvgIpc) is 2.67. The van der Waals surface area contributed by atoms with Gasteiger partial charge in [-0.15, -0.1) is 0 Å². The van der Waals surface area contributed by atoms with Gasteiger partial charge < -0.3 is 0 Å². The largest absolute Gasteiger partial charge is 0.416 e. The maximum Gasteiger partial charge on any atom is 0.416 e. The van der Waals surface area contributed by atoms with Gasteiger partial charge in [0.2, 0.25) is 17.5 Å². The summed E-state index contributed by atoms with van der Waals surface area (Å²) in [6.45, 7) is 3.12. The van der Waals surface area contributed by atoms with Crippen molar-refractivity contribution in [2.75, 3.05) is 4.90 Å². The molecule has 0 saturated carbocycles. The van der Waals surface area contributed by atoms with Crippen molar-refractivity contribution >= 4 is 23.2 Å². The molecule has 2 aliphatic rings. The van der Waals surface area contributed by atoms with Gasteiger partial charge in [-0.1, -0.05) is 6.07 Å². The highest BCUT2D eigenvalue weighted by Crippen LogP contribution is 2.47. The number of hydrogen-bond donors (Lipinski definition) is 0. The van der Waals surface area contributed by atoms with Crippen LogP contribution in [0.2, 0.25) is 0 Å². The SMILES string of the molecule is CC1(C)C(=O)N(c2cccc(C(F)(F)F)c2)C2=CC(=O)C(=O)C=C21. The fourth-order valence-electron chi connectivity index (χ4n) is 2.82. The molecule has 4 nitrogen and oxygen atoms in total. The van der Waals surface area contributed by atoms with Crippen molar-refractivity contribution in [2.24, 2.45) is 5.41 Å². The monoisotopic (exact) mass is 335 g/mol. The summed E-state index contributed by atoms with van der Waals surface area (Å²) in [5.74, 6) is -2.06. The molecule has 1 saturated heterocycles. The maximum absolute atomic E-state index is 12.9. The third-order valence-electron chi connectivity index (χ3n) is 4.15. The summed E-state index contributed by atoms with van der Waals surface area (Å²) in [7, 11) is 0. The number of hydrogen-bond acceptors (Lipinski definition) is 3. The number of carbonyl (C=O) groups excluding carboxylic acids is 3. The van der Waals surface area contributed by atoms with Gasteiger partial charge in [-0.25, -0.2) is 0 Å². The normalized spacial score (nSPS) is 20.0. The number of fused-ring (bicyclic) bond motifs is 1. The van der Waals surface area contributed by atoms with Crippen molar-refractivity contribution in [3.63, 3.8) is 0 Å². The Bertz CT molecular complexity index is 847. The predicted molar refractivity (Wildman–Crippen MR) is 78.9 cm³/mol. The third kappa shape index (κ3) is 2.28. The van der Waals surface area contributed by atoms with E-state index in [-0.39, 0.29) is 11.4 Å². The van der Waals surface area contributed by atoms with Gasteiger partial charge in [0.15, 0.2) is 0 Å². The zero-order chi connectivity index (χ0) is 17.9. The number of nitrogens with zero attached hydrogens (tertiary/aromatic N) is 1. The molecular formula is C17H12F3NO3. The van der Waals surface area contributed by atoms with Crippen molar-refractivity contribution in [2.45, 2.75) is 20.0 Å². The van der Waals surface area contributed by atoms with Gasteiger partial charge in [0.05, 0.1) is 16.7 Å². The molecule has 1 heterocycles. The molecule has 3 rings (SSSR count). The number of anilines is 1. The van der Waals surface area contributed by atoms with Crippen molar-refractivity contribution < 1.29 is 27.6 Å². The van der Waals surface area contributed by atoms with Crippen LogP contribution in [0.15, 0.2) is 47.7 Å². The molecule has 1 aliphatic carbocycles. The highest BCUT2D eigenvalue weighted by molar-refractivity contribution is 6.47. The maximum atomic E-state index is 12.9. The lowest BCUT2D eigenvalue weighted by atomic mass is 9.83. The fourth-order valence-corrected chi connectivity index (χ4v) is 2.82. The molecule has 0 radical (unpaired) electrons. The lowest BCUT2D eigenvalue weighted by Crippen LogP contribution is -2.30. The van der Waals surface area contributed by atoms with Crippen LogP contribution in [0.25, 0.3) is 0 Å². The molecule has 0 atom stereocenters. The van der Waals surface area contributed by atoms with Crippen LogP contribution in [0, 0.1) is 5.41 Å². The van der Waals surface area contributed by atoms with Crippen LogP contribution in [-0.2, 0) is 20.6 Å². The summed E-state index contributed by atoms with van der Waals surface area (Å²) in [6.07, 6.45) is -2.46. The smallest absolute Gasteiger partial charge is 0.286 e. The van der Waals surface area contributed by atoms with Crippen LogP contribution in [0.5, 0.6) is 0 Å². The minimum absolute atomic E-state index is 0.000279. The van der Waals surface area contributed by atoms with Crippen molar-refractivity contribution in [3.8, 4) is 0 Å². The van der Waals surface area contributed by atoms with Gasteiger partial charge in [0, 0.05) is 11.8 Å². The molecule has 0 aromatic heterocycles. The van der Waals surface area contributed by atoms with E-state index in [2.05, 4.69) is 0 Å². The molecule has 0 spiro atoms. The van der Waals surface area contributed by atoms with Crippen molar-refractivity contribution in [3.05, 3.63) is 53.3 Å². The molecular weight excluding hydrogens is 323 g/mol. The highest BCUT2D eigenvalue weighted by Gasteiger charge is 2.49. The van der Waals surface area contributed by atoms with Crippen molar-refractivity contribution in [1.82, 2.24) is 0 Å². The Kier molecular flexibility index (Phi) is 3.30. The third-order valence-corrected chi connectivity index (χ3v) is 4.15. The van der Waals surface area contributed by atoms with Crippen LogP contribution in [0.1, 0.15) is 19.4 Å². The number of alkyl halides is 3. The van der Waals surface area contributed by atoms with Gasteiger partial charge >= 0.3 is 6.18 Å². The molecule has 0 unspecified atom stereocenters. The number of benzene rings is 1. The van der Waals surface area contributed by atoms with E-state index in [1.807, 2.05) is 0 Å². The molecule has 0 bridgehead atoms. The van der Waals surface area contributed by atoms with E-state index in [9.17, 15) is 27.6 Å². The molecule has 1 fully saturated rings. The van der Waals surface area contributed by atoms with Crippen LogP contribution >= 0.6 is 0 Å². The summed E-state index contributed by atoms with van der Waals surface area (Å²) >= 11 is 0. The summed E-state index contributed by atoms with van der Waals surface area (Å²) in [5, 5.41) is 0. The Hall–Kier alpha value is -2.70. The standard InChI is InChI=1S/C17H12F3NO3/c1-16(2)11-7-13(22)14(23)8-12(11)21(15(16)24)10-5-3-4-9(6-10)17(18,19)20/h3-8H,1-2H3. The molecule has 1 aromatic carbocycles. The van der Waals surface area contributed by atoms with E-state index in [0.717, 1.165) is 29.2 Å². The van der Waals surface area contributed by atoms with Crippen LogP contribution in [0.4, 0.5) is 18.9 Å². The Morgan fingerprint density at radius 1 is 1.00 bits per heavy atom. The van der Waals surface area contributed by atoms with E-state index in [0.29, 0.717) is 5.57 Å². The number of halogens is 3. The lowest BCUT2D eigenvalue weighted by Gasteiger charge is -2.20. The van der Waals surface area contributed by atoms with Crippen LogP contribution < -0.4 is 4.90 Å². The Morgan fingerprint density at radius 3 is 2.25 bits per heavy atom. The van der Waals surface area contributed by atoms with Gasteiger partial charge in [-0.3, -0.25) is 19.3 Å². The first-order chi connectivity index (χ1) is 11.0. The zero-order valence-electron chi connectivity index (χ0n) is 12.8. The zero-order valence-corrected chi connectivity index (χ0v) is 12.8. The Balaban J connectivity index is 2.17. The molecule has 1 amide bonds. The first-order valence-electron chi connectivity index (χ1n) is 7.08. The van der Waals surface area contributed by atoms with Gasteiger partial charge in [-0.2, -0.15) is 13.2 Å². The van der Waals surface area contributed by atoms with Gasteiger partial charge in [-0.05, 0) is 43.7 Å². The van der Waals surface area contributed by atoms with Crippen LogP contribution in [-0.4, -0.2) is 17.5 Å². The van der Waals surface area contributed by atoms with E-state index in [1.165, 1.54) is 12.1 Å². The molecule has 0 N–H and O–H groups in total. The molecule has 1 aliphatic heterocycles. The number of rotatable bonds is 1. The summed E-state index contributed by atoms with van der Waals surface area (Å²) in [4.78, 5) is 37.0. The van der Waals surface area contributed by atoms with Gasteiger partial charge in [0.25, 0.3) is 0 Å². The number of allylic oxidation sites excluding steroid dienone is 3. The predicted octanol–water partition coefficient (Wildman–Crippen LogP) is 3.04. The quantitative estimate of drug-likeness (QED) is 0.585. The molecule has 7 heteroatoms. The Labute approximate surface area is 135 Å². The van der Waals surface area contributed by atoms with Crippen molar-refractivity contribution in [1.29, 1.82) is 0 Å². The highest BCUT2D eigenvalue weighted by atomic mass is 19.4. The number of amides is 1. The summed E-state index contributed by atoms with van der Waals surface area (Å²) < 4.78 is 38.8. The van der Waals surface area contributed by atoms with Crippen LogP contribution in [0.3, 0.4) is 0 Å². The number of ketones is 2. The second kappa shape index (κ2) is 4.90. The topological polar surface area (TPSA) is 54.5 Å². The Morgan fingerprint density at radius 2 is 1.62 bits per heavy atom. The average molecular weight is 335 g/mol. The minimum Gasteiger partial charge on any atom is -0.286 e. The van der Waals surface area contributed by atoms with E-state index >= 15 is 0 Å². The van der Waals surface area contributed by atoms with Gasteiger partial charge in [0.1, 0.15) is 0 Å². The van der Waals surface area contributed by atoms with E-state index in [4.69, 9.17) is 0 Å². The van der Waals surface area contributed by atoms with E-state index in [1.54, 1.807) is 13.8 Å². The first-order valence-corrected chi connectivity index (χ1v) is 7.08. The van der Waals surface area contributed by atoms with E-state index < -0.39 is 34.6 Å². The first kappa shape index (κ1) is 16.2.